The van der Waals surface area contributed by atoms with E-state index in [0.29, 0.717) is 89.8 Å². The van der Waals surface area contributed by atoms with E-state index in [1.165, 1.54) is 63.1 Å². The molecular weight excluding hydrogens is 1010 g/mol. The molecule has 22 nitrogen and oxygen atoms in total. The lowest BCUT2D eigenvalue weighted by atomic mass is 10.0. The van der Waals surface area contributed by atoms with Crippen LogP contribution >= 0.6 is 11.8 Å². The molecule has 7 amide bonds. The van der Waals surface area contributed by atoms with Crippen molar-refractivity contribution in [3.05, 3.63) is 0 Å². The number of aliphatic carboxylic acids is 1. The first-order valence-corrected chi connectivity index (χ1v) is 30.3. The number of amides is 7. The highest BCUT2D eigenvalue weighted by Crippen LogP contribution is 2.14. The molecule has 0 aromatic heterocycles. The van der Waals surface area contributed by atoms with Gasteiger partial charge in [-0.2, -0.15) is 11.8 Å². The third-order valence-electron chi connectivity index (χ3n) is 13.1. The first kappa shape index (κ1) is 72.7. The van der Waals surface area contributed by atoms with Crippen LogP contribution < -0.4 is 60.2 Å². The Hall–Kier alpha value is -4.29. The van der Waals surface area contributed by atoms with Gasteiger partial charge in [-0.1, -0.05) is 104 Å². The standard InChI is InChI=1S/C54H105N11O11S/c1-3-5-7-8-9-10-11-12-13-14-15-16-17-31-47(67)60-46(40-77-38-36-59-54(75)76-37-26-6-4-2)52(72)65-45(39-66)51(71)63-42(28-19-23-33-56)49(69)61-41(27-18-22-32-55)48(68)62-43(29-20-24-34-57)50(70)64-44(53(73)74)30-21-25-35-58/h41-46,66H,3-40,55-58H2,1-2H3,(H,59,75)(H,60,67)(H,61,69)(H,62,68)(H,63,71)(H,64,70)(H,65,72)(H,73,74)/t41-,42-,43-,44-,45+,46-/m0/s1. The van der Waals surface area contributed by atoms with E-state index in [-0.39, 0.29) is 56.9 Å². The van der Waals surface area contributed by atoms with Gasteiger partial charge in [-0.25, -0.2) is 9.59 Å². The molecule has 17 N–H and O–H groups in total. The lowest BCUT2D eigenvalue weighted by molar-refractivity contribution is -0.142. The number of nitrogens with one attached hydrogen (secondary N) is 7. The highest BCUT2D eigenvalue weighted by molar-refractivity contribution is 7.99. The van der Waals surface area contributed by atoms with Crippen molar-refractivity contribution in [3.63, 3.8) is 0 Å². The molecular formula is C54H105N11O11S. The van der Waals surface area contributed by atoms with Crippen LogP contribution in [-0.2, 0) is 38.3 Å². The average molecular weight is 1120 g/mol. The maximum absolute atomic E-state index is 14.1. The predicted octanol–water partition coefficient (Wildman–Crippen LogP) is 3.62. The molecule has 0 spiro atoms. The van der Waals surface area contributed by atoms with Crippen LogP contribution in [0.4, 0.5) is 4.79 Å². The van der Waals surface area contributed by atoms with Crippen LogP contribution in [0.25, 0.3) is 0 Å². The van der Waals surface area contributed by atoms with Crippen molar-refractivity contribution in [2.75, 3.05) is 57.4 Å². The molecule has 0 aliphatic carbocycles. The molecule has 23 heteroatoms. The largest absolute Gasteiger partial charge is 0.480 e. The summed E-state index contributed by atoms with van der Waals surface area (Å²) in [5.41, 5.74) is 22.8. The second-order valence-electron chi connectivity index (χ2n) is 19.9. The molecule has 0 aromatic carbocycles. The molecule has 0 aromatic rings. The van der Waals surface area contributed by atoms with E-state index in [9.17, 15) is 48.6 Å². The number of aliphatic hydroxyl groups is 1. The van der Waals surface area contributed by atoms with Crippen molar-refractivity contribution in [1.29, 1.82) is 0 Å². The summed E-state index contributed by atoms with van der Waals surface area (Å²) >= 11 is 1.29. The molecule has 0 unspecified atom stereocenters. The van der Waals surface area contributed by atoms with Gasteiger partial charge < -0.3 is 75.1 Å². The average Bonchev–Trinajstić information content (AvgIpc) is 3.40. The number of hydrogen-bond acceptors (Lipinski definition) is 15. The van der Waals surface area contributed by atoms with Gasteiger partial charge in [0.05, 0.1) is 13.2 Å². The van der Waals surface area contributed by atoms with E-state index in [0.717, 1.165) is 44.9 Å². The lowest BCUT2D eigenvalue weighted by Gasteiger charge is -2.27. The van der Waals surface area contributed by atoms with Gasteiger partial charge in [0, 0.05) is 24.5 Å². The van der Waals surface area contributed by atoms with Crippen LogP contribution in [0.15, 0.2) is 0 Å². The molecule has 0 bridgehead atoms. The van der Waals surface area contributed by atoms with E-state index in [2.05, 4.69) is 44.1 Å². The highest BCUT2D eigenvalue weighted by atomic mass is 32.2. The third kappa shape index (κ3) is 38.8. The first-order chi connectivity index (χ1) is 37.2. The SMILES string of the molecule is CCCCCCCCCCCCCCCC(=O)N[C@@H](CSCCNC(=O)OCCCCC)C(=O)N[C@H](CO)C(=O)N[C@@H](CCCCN)C(=O)N[C@@H](CCCCN)C(=O)N[C@@H](CCCCN)C(=O)N[C@@H](CCCCN)C(=O)O. The van der Waals surface area contributed by atoms with Crippen LogP contribution in [-0.4, -0.2) is 151 Å². The Kier molecular flexibility index (Phi) is 47.2. The molecule has 0 aliphatic rings. The summed E-state index contributed by atoms with van der Waals surface area (Å²) in [6, 6.07) is -7.55. The second-order valence-corrected chi connectivity index (χ2v) is 21.1. The van der Waals surface area contributed by atoms with Crippen LogP contribution in [0.3, 0.4) is 0 Å². The summed E-state index contributed by atoms with van der Waals surface area (Å²) < 4.78 is 5.19. The van der Waals surface area contributed by atoms with Gasteiger partial charge >= 0.3 is 12.1 Å². The quantitative estimate of drug-likeness (QED) is 0.0387. The number of carboxylic acid groups (broad SMARTS) is 1. The number of rotatable bonds is 52. The van der Waals surface area contributed by atoms with Crippen LogP contribution in [0.1, 0.15) is 200 Å². The number of carbonyl (C=O) groups is 8. The van der Waals surface area contributed by atoms with Gasteiger partial charge in [0.2, 0.25) is 35.4 Å². The lowest BCUT2D eigenvalue weighted by Crippen LogP contribution is -2.60. The predicted molar refractivity (Wildman–Crippen MR) is 304 cm³/mol. The minimum Gasteiger partial charge on any atom is -0.480 e. The Morgan fingerprint density at radius 2 is 0.805 bits per heavy atom. The number of nitrogens with two attached hydrogens (primary N) is 4. The molecule has 6 atom stereocenters. The molecule has 0 rings (SSSR count). The van der Waals surface area contributed by atoms with E-state index in [1.807, 2.05) is 6.92 Å². The zero-order valence-corrected chi connectivity index (χ0v) is 47.9. The normalized spacial score (nSPS) is 13.5. The Morgan fingerprint density at radius 1 is 0.442 bits per heavy atom. The summed E-state index contributed by atoms with van der Waals surface area (Å²) in [5, 5.41) is 38.9. The zero-order valence-electron chi connectivity index (χ0n) is 47.1. The fourth-order valence-corrected chi connectivity index (χ4v) is 9.22. The number of ether oxygens (including phenoxy) is 1. The minimum absolute atomic E-state index is 0.0672. The number of unbranched alkanes of at least 4 members (excludes halogenated alkanes) is 18. The van der Waals surface area contributed by atoms with Gasteiger partial charge in [0.1, 0.15) is 36.3 Å². The van der Waals surface area contributed by atoms with Crippen LogP contribution in [0.2, 0.25) is 0 Å². The van der Waals surface area contributed by atoms with Crippen molar-refractivity contribution in [3.8, 4) is 0 Å². The van der Waals surface area contributed by atoms with Crippen molar-refractivity contribution < 1.29 is 53.3 Å². The summed E-state index contributed by atoms with van der Waals surface area (Å²) in [7, 11) is 0. The Labute approximate surface area is 464 Å². The Morgan fingerprint density at radius 3 is 1.22 bits per heavy atom. The van der Waals surface area contributed by atoms with Crippen molar-refractivity contribution in [2.24, 2.45) is 22.9 Å². The van der Waals surface area contributed by atoms with Crippen molar-refractivity contribution in [2.45, 2.75) is 236 Å². The molecule has 0 saturated carbocycles. The Bertz CT molecular complexity index is 1610. The van der Waals surface area contributed by atoms with Crippen LogP contribution in [0.5, 0.6) is 0 Å². The number of thioether (sulfide) groups is 1. The molecule has 0 aliphatic heterocycles. The maximum atomic E-state index is 14.1. The summed E-state index contributed by atoms with van der Waals surface area (Å²) in [6.45, 7) is 5.21. The number of aliphatic hydroxyl groups excluding tert-OH is 1. The first-order valence-electron chi connectivity index (χ1n) is 29.2. The highest BCUT2D eigenvalue weighted by Gasteiger charge is 2.33. The summed E-state index contributed by atoms with van der Waals surface area (Å²) in [6.07, 6.45) is 21.4. The molecule has 77 heavy (non-hydrogen) atoms. The van der Waals surface area contributed by atoms with Gasteiger partial charge in [-0.15, -0.1) is 0 Å². The fraction of sp³-hybridized carbons (Fsp3) is 0.852. The smallest absolute Gasteiger partial charge is 0.407 e. The topological polar surface area (TPSA) is 375 Å². The number of carbonyl (C=O) groups excluding carboxylic acids is 7. The van der Waals surface area contributed by atoms with Gasteiger partial charge in [0.15, 0.2) is 0 Å². The van der Waals surface area contributed by atoms with E-state index >= 15 is 0 Å². The third-order valence-corrected chi connectivity index (χ3v) is 14.1. The van der Waals surface area contributed by atoms with E-state index < -0.39 is 84.5 Å². The zero-order chi connectivity index (χ0) is 57.3. The summed E-state index contributed by atoms with van der Waals surface area (Å²) in [5.74, 6) is -4.97. The van der Waals surface area contributed by atoms with Gasteiger partial charge in [-0.05, 0) is 116 Å². The van der Waals surface area contributed by atoms with Crippen LogP contribution in [0, 0.1) is 0 Å². The maximum Gasteiger partial charge on any atom is 0.407 e. The van der Waals surface area contributed by atoms with Gasteiger partial charge in [-0.3, -0.25) is 28.8 Å². The van der Waals surface area contributed by atoms with Crippen molar-refractivity contribution >= 4 is 59.3 Å². The van der Waals surface area contributed by atoms with E-state index in [4.69, 9.17) is 27.7 Å². The Balaban J connectivity index is 6.10. The van der Waals surface area contributed by atoms with Gasteiger partial charge in [0.25, 0.3) is 0 Å². The number of alkyl carbamates (subject to hydrolysis) is 1. The monoisotopic (exact) mass is 1120 g/mol. The fourth-order valence-electron chi connectivity index (χ4n) is 8.34. The van der Waals surface area contributed by atoms with Crippen molar-refractivity contribution in [1.82, 2.24) is 37.2 Å². The number of hydrogen-bond donors (Lipinski definition) is 13. The second kappa shape index (κ2) is 50.0. The minimum atomic E-state index is -1.55. The molecule has 0 heterocycles. The molecule has 0 radical (unpaired) electrons. The molecule has 448 valence electrons. The summed E-state index contributed by atoms with van der Waals surface area (Å²) in [4.78, 5) is 107. The molecule has 0 fully saturated rings. The van der Waals surface area contributed by atoms with E-state index in [1.54, 1.807) is 0 Å². The molecule has 0 saturated heterocycles. The number of carboxylic acids is 1.